The molecule has 5 rings (SSSR count). The Hall–Kier alpha value is -2.73. The maximum Gasteiger partial charge on any atom is 0.297 e. The van der Waals surface area contributed by atoms with Gasteiger partial charge >= 0.3 is 0 Å². The monoisotopic (exact) mass is 438 g/mol. The summed E-state index contributed by atoms with van der Waals surface area (Å²) in [6.07, 6.45) is 8.98. The van der Waals surface area contributed by atoms with Gasteiger partial charge in [-0.05, 0) is 80.7 Å². The first kappa shape index (κ1) is 20.2. The molecular formula is C24H24ClFN4O. The van der Waals surface area contributed by atoms with E-state index >= 15 is 0 Å². The molecule has 5 nitrogen and oxygen atoms in total. The predicted octanol–water partition coefficient (Wildman–Crippen LogP) is 6.73. The minimum Gasteiger partial charge on any atom is -0.422 e. The standard InChI is InChI=1S/C24H24ClFN4O/c1-14(29-24-30-23-22(31-24)11-17(25)13-28-23)10-15-2-4-16(5-3-15)19-8-9-27-21-7-6-18(26)12-20(19)21/h6-9,11-16H,2-5,10H2,1H3,(H,28,29,30)/t14-,15?,16?/m1/s1. The number of oxazole rings is 1. The SMILES string of the molecule is C[C@H](CC1CCC(c2ccnc3ccc(F)cc23)CC1)Nc1nc2ncc(Cl)cc2o1. The summed E-state index contributed by atoms with van der Waals surface area (Å²) in [5, 5.41) is 4.84. The van der Waals surface area contributed by atoms with Crippen molar-refractivity contribution in [2.45, 2.75) is 51.0 Å². The number of fused-ring (bicyclic) bond motifs is 2. The second-order valence-electron chi connectivity index (χ2n) is 8.55. The average molecular weight is 439 g/mol. The minimum absolute atomic E-state index is 0.202. The van der Waals surface area contributed by atoms with Crippen LogP contribution in [0.15, 0.2) is 47.1 Å². The van der Waals surface area contributed by atoms with Crippen molar-refractivity contribution in [2.75, 3.05) is 5.32 Å². The molecule has 0 spiro atoms. The van der Waals surface area contributed by atoms with Crippen LogP contribution in [-0.2, 0) is 0 Å². The van der Waals surface area contributed by atoms with Crippen LogP contribution in [0.1, 0.15) is 50.5 Å². The number of nitrogens with one attached hydrogen (secondary N) is 1. The number of aromatic nitrogens is 3. The van der Waals surface area contributed by atoms with Crippen LogP contribution in [0.2, 0.25) is 5.02 Å². The zero-order valence-electron chi connectivity index (χ0n) is 17.3. The lowest BCUT2D eigenvalue weighted by Gasteiger charge is -2.31. The Labute approximate surface area is 185 Å². The van der Waals surface area contributed by atoms with Gasteiger partial charge in [-0.15, -0.1) is 0 Å². The Kier molecular flexibility index (Phi) is 5.48. The summed E-state index contributed by atoms with van der Waals surface area (Å²) in [6, 6.07) is 9.37. The minimum atomic E-state index is -0.202. The molecule has 1 atom stereocenters. The van der Waals surface area contributed by atoms with Crippen LogP contribution in [0.5, 0.6) is 0 Å². The molecule has 3 heterocycles. The maximum atomic E-state index is 13.8. The number of hydrogen-bond acceptors (Lipinski definition) is 5. The van der Waals surface area contributed by atoms with Gasteiger partial charge in [-0.25, -0.2) is 9.37 Å². The number of nitrogens with zero attached hydrogens (tertiary/aromatic N) is 3. The van der Waals surface area contributed by atoms with E-state index in [9.17, 15) is 4.39 Å². The number of pyridine rings is 2. The van der Waals surface area contributed by atoms with Crippen LogP contribution in [-0.4, -0.2) is 21.0 Å². The van der Waals surface area contributed by atoms with Gasteiger partial charge in [0.05, 0.1) is 10.5 Å². The molecule has 4 aromatic rings. The van der Waals surface area contributed by atoms with Crippen molar-refractivity contribution in [3.8, 4) is 0 Å². The highest BCUT2D eigenvalue weighted by molar-refractivity contribution is 6.30. The van der Waals surface area contributed by atoms with Crippen LogP contribution in [0.3, 0.4) is 0 Å². The van der Waals surface area contributed by atoms with Crippen molar-refractivity contribution in [1.29, 1.82) is 0 Å². The second-order valence-corrected chi connectivity index (χ2v) is 8.99. The topological polar surface area (TPSA) is 63.8 Å². The van der Waals surface area contributed by atoms with Crippen molar-refractivity contribution in [1.82, 2.24) is 15.0 Å². The molecule has 1 aromatic carbocycles. The van der Waals surface area contributed by atoms with E-state index in [-0.39, 0.29) is 11.9 Å². The Bertz CT molecular complexity index is 1220. The third kappa shape index (κ3) is 4.35. The number of anilines is 1. The number of halogens is 2. The molecule has 3 aromatic heterocycles. The van der Waals surface area contributed by atoms with Crippen molar-refractivity contribution in [2.24, 2.45) is 5.92 Å². The van der Waals surface area contributed by atoms with E-state index in [4.69, 9.17) is 16.0 Å². The third-order valence-corrected chi connectivity index (χ3v) is 6.50. The van der Waals surface area contributed by atoms with Crippen LogP contribution >= 0.6 is 11.6 Å². The maximum absolute atomic E-state index is 13.8. The van der Waals surface area contributed by atoms with Crippen LogP contribution in [0.25, 0.3) is 22.1 Å². The Morgan fingerprint density at radius 3 is 2.84 bits per heavy atom. The second kappa shape index (κ2) is 8.42. The first-order chi connectivity index (χ1) is 15.0. The van der Waals surface area contributed by atoms with E-state index in [1.165, 1.54) is 11.6 Å². The smallest absolute Gasteiger partial charge is 0.297 e. The van der Waals surface area contributed by atoms with Crippen molar-refractivity contribution in [3.63, 3.8) is 0 Å². The molecule has 0 radical (unpaired) electrons. The van der Waals surface area contributed by atoms with E-state index in [1.807, 2.05) is 6.20 Å². The summed E-state index contributed by atoms with van der Waals surface area (Å²) in [5.41, 5.74) is 3.24. The lowest BCUT2D eigenvalue weighted by Crippen LogP contribution is -2.23. The van der Waals surface area contributed by atoms with Gasteiger partial charge in [0, 0.05) is 29.9 Å². The third-order valence-electron chi connectivity index (χ3n) is 6.29. The molecule has 1 N–H and O–H groups in total. The van der Waals surface area contributed by atoms with Crippen LogP contribution in [0.4, 0.5) is 10.4 Å². The summed E-state index contributed by atoms with van der Waals surface area (Å²) in [6.45, 7) is 2.15. The van der Waals surface area contributed by atoms with Crippen molar-refractivity contribution in [3.05, 3.63) is 59.1 Å². The largest absolute Gasteiger partial charge is 0.422 e. The highest BCUT2D eigenvalue weighted by Crippen LogP contribution is 2.40. The quantitative estimate of drug-likeness (QED) is 0.374. The first-order valence-electron chi connectivity index (χ1n) is 10.8. The van der Waals surface area contributed by atoms with Gasteiger partial charge in [0.1, 0.15) is 5.82 Å². The molecule has 1 aliphatic carbocycles. The van der Waals surface area contributed by atoms with Gasteiger partial charge in [0.2, 0.25) is 5.65 Å². The fraction of sp³-hybridized carbons (Fsp3) is 0.375. The normalized spacial score (nSPS) is 20.2. The summed E-state index contributed by atoms with van der Waals surface area (Å²) < 4.78 is 19.5. The van der Waals surface area contributed by atoms with E-state index < -0.39 is 0 Å². The van der Waals surface area contributed by atoms with E-state index in [0.29, 0.717) is 34.1 Å². The summed E-state index contributed by atoms with van der Waals surface area (Å²) in [5.74, 6) is 0.896. The van der Waals surface area contributed by atoms with Crippen molar-refractivity contribution < 1.29 is 8.81 Å². The van der Waals surface area contributed by atoms with Gasteiger partial charge in [0.15, 0.2) is 5.58 Å². The Morgan fingerprint density at radius 1 is 1.16 bits per heavy atom. The van der Waals surface area contributed by atoms with Gasteiger partial charge in [-0.2, -0.15) is 4.98 Å². The van der Waals surface area contributed by atoms with Crippen molar-refractivity contribution >= 4 is 39.7 Å². The summed E-state index contributed by atoms with van der Waals surface area (Å²) >= 11 is 5.97. The van der Waals surface area contributed by atoms with Gasteiger partial charge in [0.25, 0.3) is 6.01 Å². The molecule has 1 saturated carbocycles. The van der Waals surface area contributed by atoms with Crippen LogP contribution < -0.4 is 5.32 Å². The van der Waals surface area contributed by atoms with Gasteiger partial charge < -0.3 is 9.73 Å². The summed E-state index contributed by atoms with van der Waals surface area (Å²) in [4.78, 5) is 13.0. The lowest BCUT2D eigenvalue weighted by atomic mass is 9.76. The van der Waals surface area contributed by atoms with E-state index in [2.05, 4.69) is 33.3 Å². The molecule has 0 aliphatic heterocycles. The Balaban J connectivity index is 1.20. The molecule has 0 bridgehead atoms. The molecule has 31 heavy (non-hydrogen) atoms. The van der Waals surface area contributed by atoms with Gasteiger partial charge in [-0.1, -0.05) is 11.6 Å². The zero-order valence-corrected chi connectivity index (χ0v) is 18.1. The fourth-order valence-electron chi connectivity index (χ4n) is 4.83. The van der Waals surface area contributed by atoms with E-state index in [0.717, 1.165) is 43.0 Å². The first-order valence-corrected chi connectivity index (χ1v) is 11.2. The molecule has 7 heteroatoms. The molecule has 160 valence electrons. The number of rotatable bonds is 5. The van der Waals surface area contributed by atoms with Gasteiger partial charge in [-0.3, -0.25) is 4.98 Å². The van der Waals surface area contributed by atoms with E-state index in [1.54, 1.807) is 24.4 Å². The highest BCUT2D eigenvalue weighted by atomic mass is 35.5. The van der Waals surface area contributed by atoms with Crippen LogP contribution in [0, 0.1) is 11.7 Å². The number of hydrogen-bond donors (Lipinski definition) is 1. The Morgan fingerprint density at radius 2 is 2.00 bits per heavy atom. The predicted molar refractivity (Wildman–Crippen MR) is 121 cm³/mol. The molecule has 1 fully saturated rings. The summed E-state index contributed by atoms with van der Waals surface area (Å²) in [7, 11) is 0. The molecule has 0 saturated heterocycles. The molecular weight excluding hydrogens is 415 g/mol. The lowest BCUT2D eigenvalue weighted by molar-refractivity contribution is 0.301. The average Bonchev–Trinajstić information content (AvgIpc) is 3.15. The molecule has 1 aliphatic rings. The number of benzene rings is 1. The zero-order chi connectivity index (χ0) is 21.4. The molecule has 0 amide bonds. The molecule has 0 unspecified atom stereocenters. The fourth-order valence-corrected chi connectivity index (χ4v) is 4.98. The highest BCUT2D eigenvalue weighted by Gasteiger charge is 2.25.